The first-order valence-corrected chi connectivity index (χ1v) is 8.10. The highest BCUT2D eigenvalue weighted by molar-refractivity contribution is 7.91. The number of hydrogen-bond acceptors (Lipinski definition) is 4. The largest absolute Gasteiger partial charge is 0.489 e. The van der Waals surface area contributed by atoms with Crippen molar-refractivity contribution in [2.24, 2.45) is 5.92 Å². The third-order valence-corrected chi connectivity index (χ3v) is 5.37. The van der Waals surface area contributed by atoms with Crippen LogP contribution in [0.1, 0.15) is 5.56 Å². The van der Waals surface area contributed by atoms with Gasteiger partial charge < -0.3 is 10.1 Å². The second-order valence-electron chi connectivity index (χ2n) is 5.15. The molecule has 1 saturated heterocycles. The molecule has 3 rings (SSSR count). The number of sulfone groups is 1. The minimum Gasteiger partial charge on any atom is -0.489 e. The molecule has 5 heteroatoms. The molecule has 1 unspecified atom stereocenters. The molecule has 1 atom stereocenters. The SMILES string of the molecule is O=S(=O)(CC1CNC1)CC1Cc2ccccc2O1. The zero-order valence-electron chi connectivity index (χ0n) is 10.1. The van der Waals surface area contributed by atoms with Crippen LogP contribution in [0, 0.1) is 5.92 Å². The van der Waals surface area contributed by atoms with E-state index in [1.807, 2.05) is 24.3 Å². The van der Waals surface area contributed by atoms with E-state index in [0.717, 1.165) is 24.4 Å². The Morgan fingerprint density at radius 3 is 2.67 bits per heavy atom. The van der Waals surface area contributed by atoms with E-state index in [0.29, 0.717) is 12.3 Å². The fraction of sp³-hybridized carbons (Fsp3) is 0.538. The van der Waals surface area contributed by atoms with E-state index >= 15 is 0 Å². The summed E-state index contributed by atoms with van der Waals surface area (Å²) in [7, 11) is -3.01. The molecule has 2 heterocycles. The number of rotatable bonds is 4. The maximum Gasteiger partial charge on any atom is 0.154 e. The van der Waals surface area contributed by atoms with Gasteiger partial charge in [0.1, 0.15) is 11.9 Å². The quantitative estimate of drug-likeness (QED) is 0.869. The summed E-state index contributed by atoms with van der Waals surface area (Å²) in [4.78, 5) is 0. The molecule has 0 saturated carbocycles. The highest BCUT2D eigenvalue weighted by atomic mass is 32.2. The van der Waals surface area contributed by atoms with Crippen molar-refractivity contribution in [3.63, 3.8) is 0 Å². The number of ether oxygens (including phenoxy) is 1. The Hall–Kier alpha value is -1.07. The van der Waals surface area contributed by atoms with E-state index in [2.05, 4.69) is 5.32 Å². The van der Waals surface area contributed by atoms with Crippen LogP contribution in [0.15, 0.2) is 24.3 Å². The maximum absolute atomic E-state index is 12.0. The van der Waals surface area contributed by atoms with Crippen molar-refractivity contribution in [2.75, 3.05) is 24.6 Å². The van der Waals surface area contributed by atoms with Gasteiger partial charge in [0.25, 0.3) is 0 Å². The summed E-state index contributed by atoms with van der Waals surface area (Å²) in [6.45, 7) is 1.65. The Kier molecular flexibility index (Phi) is 3.03. The molecule has 4 nitrogen and oxygen atoms in total. The molecule has 0 bridgehead atoms. The fourth-order valence-corrected chi connectivity index (χ4v) is 4.37. The van der Waals surface area contributed by atoms with Crippen molar-refractivity contribution in [3.8, 4) is 5.75 Å². The lowest BCUT2D eigenvalue weighted by Crippen LogP contribution is -2.46. The molecule has 2 aliphatic heterocycles. The molecule has 98 valence electrons. The zero-order chi connectivity index (χ0) is 12.6. The van der Waals surface area contributed by atoms with E-state index in [4.69, 9.17) is 4.74 Å². The third kappa shape index (κ3) is 2.52. The number of para-hydroxylation sites is 1. The van der Waals surface area contributed by atoms with Crippen molar-refractivity contribution >= 4 is 9.84 Å². The van der Waals surface area contributed by atoms with Crippen molar-refractivity contribution in [2.45, 2.75) is 12.5 Å². The topological polar surface area (TPSA) is 55.4 Å². The maximum atomic E-state index is 12.0. The van der Waals surface area contributed by atoms with Crippen LogP contribution in [0.3, 0.4) is 0 Å². The van der Waals surface area contributed by atoms with Crippen LogP contribution in [0.5, 0.6) is 5.75 Å². The van der Waals surface area contributed by atoms with Gasteiger partial charge in [-0.3, -0.25) is 0 Å². The first kappa shape index (κ1) is 12.0. The highest BCUT2D eigenvalue weighted by Gasteiger charge is 2.30. The smallest absolute Gasteiger partial charge is 0.154 e. The summed E-state index contributed by atoms with van der Waals surface area (Å²) in [6, 6.07) is 7.77. The first-order chi connectivity index (χ1) is 8.62. The lowest BCUT2D eigenvalue weighted by Gasteiger charge is -2.27. The van der Waals surface area contributed by atoms with E-state index in [1.165, 1.54) is 0 Å². The minimum absolute atomic E-state index is 0.137. The molecule has 0 amide bonds. The van der Waals surface area contributed by atoms with Gasteiger partial charge in [0.05, 0.1) is 11.5 Å². The second kappa shape index (κ2) is 4.55. The Balaban J connectivity index is 1.61. The van der Waals surface area contributed by atoms with Crippen LogP contribution in [0.2, 0.25) is 0 Å². The van der Waals surface area contributed by atoms with Crippen LogP contribution < -0.4 is 10.1 Å². The third-order valence-electron chi connectivity index (χ3n) is 3.51. The Morgan fingerprint density at radius 2 is 2.00 bits per heavy atom. The number of fused-ring (bicyclic) bond motifs is 1. The normalized spacial score (nSPS) is 23.2. The fourth-order valence-electron chi connectivity index (χ4n) is 2.52. The summed E-state index contributed by atoms with van der Waals surface area (Å²) in [5.74, 6) is 1.55. The highest BCUT2D eigenvalue weighted by Crippen LogP contribution is 2.29. The number of nitrogens with one attached hydrogen (secondary N) is 1. The van der Waals surface area contributed by atoms with Crippen molar-refractivity contribution in [3.05, 3.63) is 29.8 Å². The first-order valence-electron chi connectivity index (χ1n) is 6.28. The summed E-state index contributed by atoms with van der Waals surface area (Å²) in [6.07, 6.45) is 0.499. The molecule has 0 spiro atoms. The molecule has 18 heavy (non-hydrogen) atoms. The van der Waals surface area contributed by atoms with E-state index in [-0.39, 0.29) is 17.6 Å². The van der Waals surface area contributed by atoms with Gasteiger partial charge in [-0.15, -0.1) is 0 Å². The van der Waals surface area contributed by atoms with E-state index < -0.39 is 9.84 Å². The van der Waals surface area contributed by atoms with Gasteiger partial charge in [-0.1, -0.05) is 18.2 Å². The van der Waals surface area contributed by atoms with Gasteiger partial charge in [-0.2, -0.15) is 0 Å². The Bertz CT molecular complexity index is 512. The standard InChI is InChI=1S/C13H17NO3S/c15-18(16,8-10-6-14-7-10)9-12-5-11-3-1-2-4-13(11)17-12/h1-4,10,12,14H,5-9H2. The summed E-state index contributed by atoms with van der Waals surface area (Å²) in [5.41, 5.74) is 1.11. The molecule has 1 N–H and O–H groups in total. The lowest BCUT2D eigenvalue weighted by molar-refractivity contribution is 0.256. The second-order valence-corrected chi connectivity index (χ2v) is 7.31. The van der Waals surface area contributed by atoms with Crippen LogP contribution in [0.4, 0.5) is 0 Å². The predicted molar refractivity (Wildman–Crippen MR) is 69.6 cm³/mol. The van der Waals surface area contributed by atoms with Gasteiger partial charge in [0.2, 0.25) is 0 Å². The predicted octanol–water partition coefficient (Wildman–Crippen LogP) is 0.624. The average molecular weight is 267 g/mol. The monoisotopic (exact) mass is 267 g/mol. The number of benzene rings is 1. The summed E-state index contributed by atoms with van der Waals surface area (Å²) in [5, 5.41) is 3.10. The molecule has 0 radical (unpaired) electrons. The Labute approximate surface area is 107 Å². The van der Waals surface area contributed by atoms with Crippen LogP contribution >= 0.6 is 0 Å². The van der Waals surface area contributed by atoms with Crippen molar-refractivity contribution in [1.82, 2.24) is 5.32 Å². The van der Waals surface area contributed by atoms with Gasteiger partial charge in [-0.05, 0) is 17.5 Å². The summed E-state index contributed by atoms with van der Waals surface area (Å²) < 4.78 is 29.7. The van der Waals surface area contributed by atoms with Crippen molar-refractivity contribution < 1.29 is 13.2 Å². The molecule has 0 aromatic heterocycles. The summed E-state index contributed by atoms with van der Waals surface area (Å²) >= 11 is 0. The Morgan fingerprint density at radius 1 is 1.22 bits per heavy atom. The molecule has 0 aliphatic carbocycles. The van der Waals surface area contributed by atoms with Gasteiger partial charge in [-0.25, -0.2) is 8.42 Å². The number of hydrogen-bond donors (Lipinski definition) is 1. The zero-order valence-corrected chi connectivity index (χ0v) is 10.9. The van der Waals surface area contributed by atoms with Crippen LogP contribution in [0.25, 0.3) is 0 Å². The molecule has 2 aliphatic rings. The lowest BCUT2D eigenvalue weighted by atomic mass is 10.1. The molecule has 1 aromatic carbocycles. The van der Waals surface area contributed by atoms with Crippen LogP contribution in [-0.4, -0.2) is 39.1 Å². The molecule has 1 aromatic rings. The molecular formula is C13H17NO3S. The van der Waals surface area contributed by atoms with Crippen molar-refractivity contribution in [1.29, 1.82) is 0 Å². The average Bonchev–Trinajstić information content (AvgIpc) is 2.64. The molecular weight excluding hydrogens is 250 g/mol. The van der Waals surface area contributed by atoms with Crippen LogP contribution in [-0.2, 0) is 16.3 Å². The van der Waals surface area contributed by atoms with Gasteiger partial charge in [0, 0.05) is 19.5 Å². The molecule has 1 fully saturated rings. The minimum atomic E-state index is -3.01. The van der Waals surface area contributed by atoms with Gasteiger partial charge in [0.15, 0.2) is 9.84 Å². The van der Waals surface area contributed by atoms with Gasteiger partial charge >= 0.3 is 0 Å². The van der Waals surface area contributed by atoms with E-state index in [1.54, 1.807) is 0 Å². The van der Waals surface area contributed by atoms with E-state index in [9.17, 15) is 8.42 Å².